The maximum atomic E-state index is 14.2. The van der Waals surface area contributed by atoms with Crippen LogP contribution in [0.5, 0.6) is 0 Å². The summed E-state index contributed by atoms with van der Waals surface area (Å²) in [6, 6.07) is 14.5. The number of nitrogens with one attached hydrogen (secondary N) is 1. The van der Waals surface area contributed by atoms with Gasteiger partial charge in [0.05, 0.1) is 22.5 Å². The van der Waals surface area contributed by atoms with Crippen LogP contribution in [-0.4, -0.2) is 50.0 Å². The van der Waals surface area contributed by atoms with E-state index in [1.54, 1.807) is 42.5 Å². The van der Waals surface area contributed by atoms with Crippen LogP contribution in [0.4, 0.5) is 18.9 Å². The van der Waals surface area contributed by atoms with E-state index >= 15 is 0 Å². The summed E-state index contributed by atoms with van der Waals surface area (Å²) in [5, 5.41) is 3.26. The molecule has 0 saturated heterocycles. The highest BCUT2D eigenvalue weighted by Crippen LogP contribution is 2.36. The van der Waals surface area contributed by atoms with Gasteiger partial charge >= 0.3 is 6.18 Å². The lowest BCUT2D eigenvalue weighted by Gasteiger charge is -2.34. The number of sulfonamides is 1. The molecule has 4 rings (SSSR count). The zero-order chi connectivity index (χ0) is 32.9. The van der Waals surface area contributed by atoms with Crippen LogP contribution >= 0.6 is 34.8 Å². The molecule has 3 aromatic carbocycles. The molecule has 1 N–H and O–H groups in total. The quantitative estimate of drug-likeness (QED) is 0.230. The standard InChI is InChI=1S/C31H31Cl3F3N3O4S/c1-45(43,44)40(27-16-22(31(35,36)37)12-14-25(27)33)19-29(41)39(18-21-11-13-23(32)17-26(21)34)28(15-20-7-3-2-4-8-20)30(42)38-24-9-5-6-10-24/h2-4,7-8,11-14,16-17,24,28H,5-6,9-10,15,18-19H2,1H3,(H,38,42)/t28-/m0/s1. The minimum absolute atomic E-state index is 0.0690. The molecular weight excluding hydrogens is 674 g/mol. The minimum atomic E-state index is -4.80. The molecule has 45 heavy (non-hydrogen) atoms. The minimum Gasteiger partial charge on any atom is -0.352 e. The number of benzene rings is 3. The number of halogens is 6. The number of nitrogens with zero attached hydrogens (tertiary/aromatic N) is 2. The number of anilines is 1. The Kier molecular flexibility index (Phi) is 11.3. The van der Waals surface area contributed by atoms with Crippen LogP contribution in [-0.2, 0) is 38.8 Å². The van der Waals surface area contributed by atoms with Crippen LogP contribution in [0, 0.1) is 0 Å². The molecule has 14 heteroatoms. The first-order valence-electron chi connectivity index (χ1n) is 14.1. The lowest BCUT2D eigenvalue weighted by molar-refractivity contribution is -0.140. The molecule has 1 fully saturated rings. The zero-order valence-electron chi connectivity index (χ0n) is 24.2. The van der Waals surface area contributed by atoms with Gasteiger partial charge in [0.2, 0.25) is 21.8 Å². The van der Waals surface area contributed by atoms with Gasteiger partial charge < -0.3 is 10.2 Å². The predicted molar refractivity (Wildman–Crippen MR) is 170 cm³/mol. The molecule has 0 aromatic heterocycles. The van der Waals surface area contributed by atoms with E-state index in [1.807, 2.05) is 0 Å². The predicted octanol–water partition coefficient (Wildman–Crippen LogP) is 7.13. The topological polar surface area (TPSA) is 86.8 Å². The van der Waals surface area contributed by atoms with Gasteiger partial charge in [0.25, 0.3) is 0 Å². The van der Waals surface area contributed by atoms with Gasteiger partial charge in [-0.1, -0.05) is 84.0 Å². The van der Waals surface area contributed by atoms with Crippen molar-refractivity contribution in [2.75, 3.05) is 17.1 Å². The van der Waals surface area contributed by atoms with Gasteiger partial charge in [-0.3, -0.25) is 13.9 Å². The first kappa shape index (κ1) is 34.9. The van der Waals surface area contributed by atoms with Crippen molar-refractivity contribution in [3.8, 4) is 0 Å². The molecule has 0 heterocycles. The molecule has 3 aromatic rings. The van der Waals surface area contributed by atoms with Crippen LogP contribution in [0.1, 0.15) is 42.4 Å². The van der Waals surface area contributed by atoms with Crippen molar-refractivity contribution in [3.05, 3.63) is 98.5 Å². The maximum Gasteiger partial charge on any atom is 0.416 e. The molecule has 0 unspecified atom stereocenters. The zero-order valence-corrected chi connectivity index (χ0v) is 27.2. The van der Waals surface area contributed by atoms with Crippen molar-refractivity contribution < 1.29 is 31.2 Å². The molecule has 0 spiro atoms. The Morgan fingerprint density at radius 3 is 2.22 bits per heavy atom. The monoisotopic (exact) mass is 703 g/mol. The first-order valence-corrected chi connectivity index (χ1v) is 17.0. The van der Waals surface area contributed by atoms with Gasteiger partial charge in [-0.05, 0) is 54.3 Å². The summed E-state index contributed by atoms with van der Waals surface area (Å²) < 4.78 is 67.2. The van der Waals surface area contributed by atoms with E-state index in [4.69, 9.17) is 34.8 Å². The first-order chi connectivity index (χ1) is 21.1. The summed E-state index contributed by atoms with van der Waals surface area (Å²) in [5.74, 6) is -1.31. The van der Waals surface area contributed by atoms with Crippen molar-refractivity contribution in [1.82, 2.24) is 10.2 Å². The number of rotatable bonds is 11. The number of carbonyl (C=O) groups excluding carboxylic acids is 2. The van der Waals surface area contributed by atoms with Crippen molar-refractivity contribution in [2.45, 2.75) is 56.9 Å². The van der Waals surface area contributed by atoms with Crippen LogP contribution in [0.25, 0.3) is 0 Å². The third-order valence-corrected chi connectivity index (χ3v) is 9.58. The van der Waals surface area contributed by atoms with Gasteiger partial charge in [0.1, 0.15) is 12.6 Å². The van der Waals surface area contributed by atoms with Gasteiger partial charge in [-0.15, -0.1) is 0 Å². The molecule has 1 aliphatic rings. The average Bonchev–Trinajstić information content (AvgIpc) is 3.47. The Balaban J connectivity index is 1.79. The summed E-state index contributed by atoms with van der Waals surface area (Å²) in [6.45, 7) is -1.16. The van der Waals surface area contributed by atoms with Crippen molar-refractivity contribution in [2.24, 2.45) is 0 Å². The summed E-state index contributed by atoms with van der Waals surface area (Å²) >= 11 is 18.7. The fourth-order valence-electron chi connectivity index (χ4n) is 5.23. The van der Waals surface area contributed by atoms with Crippen LogP contribution < -0.4 is 9.62 Å². The molecule has 0 bridgehead atoms. The highest BCUT2D eigenvalue weighted by molar-refractivity contribution is 7.92. The second kappa shape index (κ2) is 14.6. The molecule has 1 saturated carbocycles. The number of carbonyl (C=O) groups is 2. The highest BCUT2D eigenvalue weighted by Gasteiger charge is 2.36. The van der Waals surface area contributed by atoms with Gasteiger partial charge in [0, 0.05) is 29.1 Å². The number of amides is 2. The highest BCUT2D eigenvalue weighted by atomic mass is 35.5. The number of alkyl halides is 3. The fourth-order valence-corrected chi connectivity index (χ4v) is 6.82. The second-order valence-electron chi connectivity index (χ2n) is 10.9. The lowest BCUT2D eigenvalue weighted by atomic mass is 10.0. The summed E-state index contributed by atoms with van der Waals surface area (Å²) in [6.07, 6.45) is -0.543. The smallest absolute Gasteiger partial charge is 0.352 e. The van der Waals surface area contributed by atoms with Crippen LogP contribution in [0.3, 0.4) is 0 Å². The van der Waals surface area contributed by atoms with Crippen LogP contribution in [0.15, 0.2) is 66.7 Å². The maximum absolute atomic E-state index is 14.2. The molecule has 7 nitrogen and oxygen atoms in total. The fraction of sp³-hybridized carbons (Fsp3) is 0.355. The third kappa shape index (κ3) is 9.28. The van der Waals surface area contributed by atoms with Gasteiger partial charge in [0.15, 0.2) is 0 Å². The second-order valence-corrected chi connectivity index (χ2v) is 14.0. The lowest BCUT2D eigenvalue weighted by Crippen LogP contribution is -2.54. The average molecular weight is 705 g/mol. The van der Waals surface area contributed by atoms with E-state index in [1.165, 1.54) is 11.0 Å². The number of hydrogen-bond donors (Lipinski definition) is 1. The Morgan fingerprint density at radius 1 is 0.956 bits per heavy atom. The van der Waals surface area contributed by atoms with Gasteiger partial charge in [-0.25, -0.2) is 8.42 Å². The van der Waals surface area contributed by atoms with Crippen LogP contribution in [0.2, 0.25) is 15.1 Å². The molecule has 0 aliphatic heterocycles. The molecule has 1 aliphatic carbocycles. The summed E-state index contributed by atoms with van der Waals surface area (Å²) in [5.41, 5.74) is -0.526. The van der Waals surface area contributed by atoms with Crippen molar-refractivity contribution >= 4 is 62.3 Å². The normalized spacial score (nSPS) is 14.6. The van der Waals surface area contributed by atoms with E-state index in [0.717, 1.165) is 43.6 Å². The Labute approximate surface area is 275 Å². The van der Waals surface area contributed by atoms with E-state index < -0.39 is 51.9 Å². The SMILES string of the molecule is CS(=O)(=O)N(CC(=O)N(Cc1ccc(Cl)cc1Cl)[C@@H](Cc1ccccc1)C(=O)NC1CCCC1)c1cc(C(F)(F)F)ccc1Cl. The van der Waals surface area contributed by atoms with Crippen molar-refractivity contribution in [3.63, 3.8) is 0 Å². The largest absolute Gasteiger partial charge is 0.416 e. The molecule has 242 valence electrons. The molecular formula is C31H31Cl3F3N3O4S. The summed E-state index contributed by atoms with van der Waals surface area (Å²) in [7, 11) is -4.35. The molecule has 1 atom stereocenters. The Hall–Kier alpha value is -2.99. The molecule has 2 amide bonds. The van der Waals surface area contributed by atoms with E-state index in [9.17, 15) is 31.2 Å². The molecule has 0 radical (unpaired) electrons. The Bertz CT molecular complexity index is 1640. The van der Waals surface area contributed by atoms with E-state index in [0.29, 0.717) is 27.0 Å². The number of hydrogen-bond acceptors (Lipinski definition) is 4. The Morgan fingerprint density at radius 2 is 1.62 bits per heavy atom. The summed E-state index contributed by atoms with van der Waals surface area (Å²) in [4.78, 5) is 29.3. The third-order valence-electron chi connectivity index (χ3n) is 7.55. The van der Waals surface area contributed by atoms with E-state index in [2.05, 4.69) is 5.32 Å². The van der Waals surface area contributed by atoms with Gasteiger partial charge in [-0.2, -0.15) is 13.2 Å². The van der Waals surface area contributed by atoms with Crippen molar-refractivity contribution in [1.29, 1.82) is 0 Å². The van der Waals surface area contributed by atoms with E-state index in [-0.39, 0.29) is 29.1 Å².